The summed E-state index contributed by atoms with van der Waals surface area (Å²) in [5.41, 5.74) is -3.22. The van der Waals surface area contributed by atoms with Crippen molar-refractivity contribution in [2.75, 3.05) is 0 Å². The number of aliphatic hydroxyl groups is 2. The first-order chi connectivity index (χ1) is 4.63. The molecular weight excluding hydrogens is 172 g/mol. The van der Waals surface area contributed by atoms with E-state index in [1.54, 1.807) is 0 Å². The predicted molar refractivity (Wildman–Crippen MR) is 38.5 cm³/mol. The third kappa shape index (κ3) is 5.14. The van der Waals surface area contributed by atoms with E-state index in [1.165, 1.54) is 13.8 Å². The van der Waals surface area contributed by atoms with Crippen molar-refractivity contribution in [3.05, 3.63) is 0 Å². The molecule has 0 fully saturated rings. The molecule has 0 saturated heterocycles. The van der Waals surface area contributed by atoms with Gasteiger partial charge in [0.15, 0.2) is 5.44 Å². The summed E-state index contributed by atoms with van der Waals surface area (Å²) in [6.07, 6.45) is -0.411. The maximum atomic E-state index is 10.2. The smallest absolute Gasteiger partial charge is 0.292 e. The van der Waals surface area contributed by atoms with Gasteiger partial charge in [0.2, 0.25) is 0 Å². The Balaban J connectivity index is 4.22. The molecule has 0 aromatic rings. The molecule has 0 aromatic carbocycles. The van der Waals surface area contributed by atoms with Gasteiger partial charge in [0.1, 0.15) is 0 Å². The van der Waals surface area contributed by atoms with Gasteiger partial charge in [-0.15, -0.1) is 0 Å². The Kier molecular flexibility index (Phi) is 3.01. The van der Waals surface area contributed by atoms with E-state index in [0.717, 1.165) is 0 Å². The lowest BCUT2D eigenvalue weighted by Gasteiger charge is -2.18. The number of aliphatic hydroxyl groups excluding tert-OH is 1. The summed E-state index contributed by atoms with van der Waals surface area (Å²) in [6, 6.07) is 0. The van der Waals surface area contributed by atoms with Gasteiger partial charge in [-0.05, 0) is 13.8 Å². The van der Waals surface area contributed by atoms with Crippen LogP contribution in [0, 0.1) is 0 Å². The SMILES string of the molecule is CC(C)(O)CC(O)S(=O)(=O)O. The van der Waals surface area contributed by atoms with Crippen molar-refractivity contribution in [2.45, 2.75) is 31.3 Å². The minimum atomic E-state index is -4.44. The van der Waals surface area contributed by atoms with E-state index in [9.17, 15) is 8.42 Å². The fourth-order valence-corrected chi connectivity index (χ4v) is 1.15. The maximum absolute atomic E-state index is 10.2. The van der Waals surface area contributed by atoms with Gasteiger partial charge in [-0.3, -0.25) is 4.55 Å². The van der Waals surface area contributed by atoms with E-state index in [2.05, 4.69) is 0 Å². The van der Waals surface area contributed by atoms with Crippen LogP contribution in [0.2, 0.25) is 0 Å². The highest BCUT2D eigenvalue weighted by Gasteiger charge is 2.27. The van der Waals surface area contributed by atoms with Crippen molar-refractivity contribution in [2.24, 2.45) is 0 Å². The maximum Gasteiger partial charge on any atom is 0.292 e. The summed E-state index contributed by atoms with van der Waals surface area (Å²) < 4.78 is 28.7. The Labute approximate surface area is 65.4 Å². The summed E-state index contributed by atoms with van der Waals surface area (Å²) in [7, 11) is -4.44. The Morgan fingerprint density at radius 2 is 1.82 bits per heavy atom. The molecule has 0 amide bonds. The molecule has 1 atom stereocenters. The predicted octanol–water partition coefficient (Wildman–Crippen LogP) is -0.646. The molecule has 68 valence electrons. The van der Waals surface area contributed by atoms with Crippen LogP contribution >= 0.6 is 0 Å². The van der Waals surface area contributed by atoms with Crippen molar-refractivity contribution in [1.29, 1.82) is 0 Å². The largest absolute Gasteiger partial charge is 0.390 e. The normalized spacial score (nSPS) is 16.5. The average Bonchev–Trinajstić information content (AvgIpc) is 1.56. The molecule has 3 N–H and O–H groups in total. The second-order valence-electron chi connectivity index (χ2n) is 2.99. The Morgan fingerprint density at radius 1 is 1.45 bits per heavy atom. The fraction of sp³-hybridized carbons (Fsp3) is 1.00. The zero-order valence-corrected chi connectivity index (χ0v) is 7.17. The van der Waals surface area contributed by atoms with Crippen LogP contribution in [-0.2, 0) is 10.1 Å². The van der Waals surface area contributed by atoms with E-state index < -0.39 is 27.6 Å². The highest BCUT2D eigenvalue weighted by Crippen LogP contribution is 2.13. The number of hydrogen-bond acceptors (Lipinski definition) is 4. The third-order valence-corrected chi connectivity index (χ3v) is 1.87. The lowest BCUT2D eigenvalue weighted by molar-refractivity contribution is 0.0389. The quantitative estimate of drug-likeness (QED) is 0.507. The van der Waals surface area contributed by atoms with Gasteiger partial charge >= 0.3 is 0 Å². The third-order valence-electron chi connectivity index (χ3n) is 1.02. The van der Waals surface area contributed by atoms with E-state index in [1.807, 2.05) is 0 Å². The van der Waals surface area contributed by atoms with Crippen LogP contribution in [0.3, 0.4) is 0 Å². The first-order valence-electron chi connectivity index (χ1n) is 3.00. The summed E-state index contributed by atoms with van der Waals surface area (Å²) >= 11 is 0. The molecule has 0 aliphatic heterocycles. The second kappa shape index (κ2) is 3.06. The molecule has 0 aliphatic rings. The van der Waals surface area contributed by atoms with Crippen molar-refractivity contribution in [3.8, 4) is 0 Å². The fourth-order valence-electron chi connectivity index (χ4n) is 0.533. The number of rotatable bonds is 3. The van der Waals surface area contributed by atoms with Crippen LogP contribution in [0.15, 0.2) is 0 Å². The van der Waals surface area contributed by atoms with E-state index in [-0.39, 0.29) is 0 Å². The van der Waals surface area contributed by atoms with E-state index in [4.69, 9.17) is 14.8 Å². The lowest BCUT2D eigenvalue weighted by Crippen LogP contribution is -2.31. The molecule has 11 heavy (non-hydrogen) atoms. The standard InChI is InChI=1S/C5H12O5S/c1-5(2,7)3-4(6)11(8,9)10/h4,6-7H,3H2,1-2H3,(H,8,9,10). The van der Waals surface area contributed by atoms with Crippen LogP contribution < -0.4 is 0 Å². The Morgan fingerprint density at radius 3 is 1.91 bits per heavy atom. The molecule has 0 rings (SSSR count). The van der Waals surface area contributed by atoms with Crippen molar-refractivity contribution in [3.63, 3.8) is 0 Å². The zero-order chi connectivity index (χ0) is 9.28. The number of hydrogen-bond donors (Lipinski definition) is 3. The van der Waals surface area contributed by atoms with Crippen LogP contribution in [0.25, 0.3) is 0 Å². The first-order valence-corrected chi connectivity index (χ1v) is 4.50. The molecule has 6 heteroatoms. The van der Waals surface area contributed by atoms with Gasteiger partial charge in [-0.2, -0.15) is 8.42 Å². The van der Waals surface area contributed by atoms with Gasteiger partial charge in [-0.1, -0.05) is 0 Å². The first kappa shape index (κ1) is 10.8. The minimum Gasteiger partial charge on any atom is -0.390 e. The van der Waals surface area contributed by atoms with E-state index >= 15 is 0 Å². The van der Waals surface area contributed by atoms with Gasteiger partial charge in [0.05, 0.1) is 5.60 Å². The van der Waals surface area contributed by atoms with Crippen molar-refractivity contribution < 1.29 is 23.2 Å². The Bertz CT molecular complexity index is 212. The molecule has 5 nitrogen and oxygen atoms in total. The van der Waals surface area contributed by atoms with E-state index in [0.29, 0.717) is 0 Å². The highest BCUT2D eigenvalue weighted by atomic mass is 32.2. The second-order valence-corrected chi connectivity index (χ2v) is 4.56. The van der Waals surface area contributed by atoms with Gasteiger partial charge in [0.25, 0.3) is 10.1 Å². The molecule has 0 aromatic heterocycles. The summed E-state index contributed by atoms with van der Waals surface area (Å²) in [5.74, 6) is 0. The van der Waals surface area contributed by atoms with Crippen LogP contribution in [0.1, 0.15) is 20.3 Å². The summed E-state index contributed by atoms with van der Waals surface area (Å²) in [5, 5.41) is 17.7. The van der Waals surface area contributed by atoms with Crippen LogP contribution in [0.4, 0.5) is 0 Å². The molecule has 0 aliphatic carbocycles. The monoisotopic (exact) mass is 184 g/mol. The summed E-state index contributed by atoms with van der Waals surface area (Å²) in [4.78, 5) is 0. The van der Waals surface area contributed by atoms with Crippen LogP contribution in [0.5, 0.6) is 0 Å². The minimum absolute atomic E-state index is 0.411. The lowest BCUT2D eigenvalue weighted by atomic mass is 10.1. The molecule has 0 saturated carbocycles. The molecule has 0 bridgehead atoms. The molecule has 1 unspecified atom stereocenters. The molecule has 0 radical (unpaired) electrons. The molecule has 0 spiro atoms. The zero-order valence-electron chi connectivity index (χ0n) is 6.35. The van der Waals surface area contributed by atoms with Crippen molar-refractivity contribution >= 4 is 10.1 Å². The Hall–Kier alpha value is -0.170. The van der Waals surface area contributed by atoms with Gasteiger partial charge in [0, 0.05) is 6.42 Å². The molecular formula is C5H12O5S. The van der Waals surface area contributed by atoms with Gasteiger partial charge in [-0.25, -0.2) is 0 Å². The van der Waals surface area contributed by atoms with Crippen LogP contribution in [-0.4, -0.2) is 34.2 Å². The highest BCUT2D eigenvalue weighted by molar-refractivity contribution is 7.86. The topological polar surface area (TPSA) is 94.8 Å². The van der Waals surface area contributed by atoms with Gasteiger partial charge < -0.3 is 10.2 Å². The average molecular weight is 184 g/mol. The van der Waals surface area contributed by atoms with Crippen molar-refractivity contribution in [1.82, 2.24) is 0 Å². The molecule has 0 heterocycles. The summed E-state index contributed by atoms with van der Waals surface area (Å²) in [6.45, 7) is 2.67.